The molecule has 4 rings (SSSR count). The zero-order valence-corrected chi connectivity index (χ0v) is 22.4. The first-order valence-electron chi connectivity index (χ1n) is 12.5. The van der Waals surface area contributed by atoms with Crippen molar-refractivity contribution in [2.24, 2.45) is 0 Å². The predicted molar refractivity (Wildman–Crippen MR) is 145 cm³/mol. The number of nitrogens with one attached hydrogen (secondary N) is 3. The second-order valence-electron chi connectivity index (χ2n) is 9.82. The van der Waals surface area contributed by atoms with E-state index in [-0.39, 0.29) is 6.10 Å². The summed E-state index contributed by atoms with van der Waals surface area (Å²) in [5.74, 6) is 3.41. The topological polar surface area (TPSA) is 78.1 Å². The van der Waals surface area contributed by atoms with Crippen LogP contribution in [0.1, 0.15) is 61.9 Å². The summed E-state index contributed by atoms with van der Waals surface area (Å²) in [7, 11) is 2.20. The van der Waals surface area contributed by atoms with Crippen LogP contribution in [0, 0.1) is 13.8 Å². The lowest BCUT2D eigenvalue weighted by molar-refractivity contribution is 0.241. The molecule has 35 heavy (non-hydrogen) atoms. The van der Waals surface area contributed by atoms with Gasteiger partial charge in [0.25, 0.3) is 0 Å². The van der Waals surface area contributed by atoms with E-state index in [4.69, 9.17) is 21.3 Å². The quantitative estimate of drug-likeness (QED) is 0.321. The second-order valence-corrected chi connectivity index (χ2v) is 10.2. The van der Waals surface area contributed by atoms with Crippen LogP contribution in [0.25, 0.3) is 0 Å². The number of ether oxygens (including phenoxy) is 1. The van der Waals surface area contributed by atoms with Crippen molar-refractivity contribution in [3.8, 4) is 5.75 Å². The standard InChI is InChI=1S/C27H37ClN6O/c1-7-19-14-22(28)27(30-25-13-18(5)32-33-25)31-26(19)29-23-12-17(4)21(15-24(23)35-16(2)3)20-8-10-34(6)11-9-20/h12-16,20H,7-11H2,1-6H3,(H3,29,30,31,32,33). The molecule has 0 saturated carbocycles. The molecule has 3 N–H and O–H groups in total. The minimum atomic E-state index is 0.0625. The van der Waals surface area contributed by atoms with Crippen LogP contribution < -0.4 is 15.4 Å². The van der Waals surface area contributed by atoms with E-state index in [9.17, 15) is 0 Å². The van der Waals surface area contributed by atoms with E-state index in [1.807, 2.05) is 19.1 Å². The molecule has 0 radical (unpaired) electrons. The highest BCUT2D eigenvalue weighted by Crippen LogP contribution is 2.39. The predicted octanol–water partition coefficient (Wildman–Crippen LogP) is 6.72. The van der Waals surface area contributed by atoms with Gasteiger partial charge in [0.05, 0.1) is 16.8 Å². The molecular weight excluding hydrogens is 460 g/mol. The van der Waals surface area contributed by atoms with Gasteiger partial charge in [0.1, 0.15) is 11.6 Å². The first-order chi connectivity index (χ1) is 16.7. The number of aromatic nitrogens is 3. The van der Waals surface area contributed by atoms with Crippen LogP contribution in [-0.4, -0.2) is 46.3 Å². The van der Waals surface area contributed by atoms with Crippen molar-refractivity contribution < 1.29 is 4.74 Å². The van der Waals surface area contributed by atoms with Gasteiger partial charge in [-0.15, -0.1) is 0 Å². The van der Waals surface area contributed by atoms with Gasteiger partial charge in [-0.1, -0.05) is 18.5 Å². The molecule has 0 amide bonds. The SMILES string of the molecule is CCc1cc(Cl)c(Nc2cc(C)[nH]n2)nc1Nc1cc(C)c(C2CCN(C)CC2)cc1OC(C)C. The Morgan fingerprint density at radius 2 is 1.86 bits per heavy atom. The Kier molecular flexibility index (Phi) is 7.87. The highest BCUT2D eigenvalue weighted by Gasteiger charge is 2.22. The van der Waals surface area contributed by atoms with E-state index in [0.29, 0.717) is 22.6 Å². The van der Waals surface area contributed by atoms with Crippen molar-refractivity contribution in [3.05, 3.63) is 51.7 Å². The number of halogens is 1. The third-order valence-electron chi connectivity index (χ3n) is 6.53. The molecule has 1 fully saturated rings. The summed E-state index contributed by atoms with van der Waals surface area (Å²) in [4.78, 5) is 7.25. The smallest absolute Gasteiger partial charge is 0.153 e. The Balaban J connectivity index is 1.68. The number of pyridine rings is 1. The van der Waals surface area contributed by atoms with E-state index >= 15 is 0 Å². The minimum absolute atomic E-state index is 0.0625. The molecule has 2 aromatic heterocycles. The molecule has 0 atom stereocenters. The molecule has 7 nitrogen and oxygen atoms in total. The van der Waals surface area contributed by atoms with Gasteiger partial charge in [0.2, 0.25) is 0 Å². The van der Waals surface area contributed by atoms with Gasteiger partial charge in [0, 0.05) is 11.8 Å². The number of aromatic amines is 1. The number of hydrogen-bond donors (Lipinski definition) is 3. The molecule has 1 aromatic carbocycles. The fourth-order valence-corrected chi connectivity index (χ4v) is 4.86. The first-order valence-corrected chi connectivity index (χ1v) is 12.9. The van der Waals surface area contributed by atoms with Crippen LogP contribution in [0.2, 0.25) is 5.02 Å². The molecule has 0 spiro atoms. The molecule has 1 aliphatic heterocycles. The average molecular weight is 497 g/mol. The normalized spacial score (nSPS) is 15.0. The summed E-state index contributed by atoms with van der Waals surface area (Å²) in [5, 5.41) is 14.5. The highest BCUT2D eigenvalue weighted by molar-refractivity contribution is 6.33. The number of H-pyrrole nitrogens is 1. The average Bonchev–Trinajstić information content (AvgIpc) is 3.22. The number of benzene rings is 1. The summed E-state index contributed by atoms with van der Waals surface area (Å²) in [6.07, 6.45) is 3.20. The number of nitrogens with zero attached hydrogens (tertiary/aromatic N) is 3. The molecule has 3 heterocycles. The summed E-state index contributed by atoms with van der Waals surface area (Å²) < 4.78 is 6.29. The first kappa shape index (κ1) is 25.3. The molecule has 188 valence electrons. The third-order valence-corrected chi connectivity index (χ3v) is 6.82. The molecule has 0 bridgehead atoms. The van der Waals surface area contributed by atoms with Crippen molar-refractivity contribution >= 4 is 34.7 Å². The molecule has 8 heteroatoms. The summed E-state index contributed by atoms with van der Waals surface area (Å²) >= 11 is 6.56. The summed E-state index contributed by atoms with van der Waals surface area (Å²) in [6.45, 7) is 12.6. The van der Waals surface area contributed by atoms with Crippen LogP contribution in [0.3, 0.4) is 0 Å². The van der Waals surface area contributed by atoms with Crippen LogP contribution in [0.15, 0.2) is 24.3 Å². The van der Waals surface area contributed by atoms with Crippen LogP contribution >= 0.6 is 11.6 Å². The van der Waals surface area contributed by atoms with Gasteiger partial charge in [0.15, 0.2) is 11.6 Å². The summed E-state index contributed by atoms with van der Waals surface area (Å²) in [5.41, 5.74) is 5.57. The van der Waals surface area contributed by atoms with E-state index in [0.717, 1.165) is 48.0 Å². The lowest BCUT2D eigenvalue weighted by Gasteiger charge is -2.31. The van der Waals surface area contributed by atoms with Gasteiger partial charge in [-0.3, -0.25) is 5.10 Å². The van der Waals surface area contributed by atoms with Gasteiger partial charge in [-0.05, 0) is 108 Å². The van der Waals surface area contributed by atoms with E-state index in [2.05, 4.69) is 72.6 Å². The van der Waals surface area contributed by atoms with Crippen molar-refractivity contribution in [2.45, 2.75) is 65.9 Å². The maximum atomic E-state index is 6.56. The monoisotopic (exact) mass is 496 g/mol. The largest absolute Gasteiger partial charge is 0.489 e. The third kappa shape index (κ3) is 6.08. The van der Waals surface area contributed by atoms with E-state index < -0.39 is 0 Å². The van der Waals surface area contributed by atoms with Gasteiger partial charge in [-0.2, -0.15) is 5.10 Å². The zero-order valence-electron chi connectivity index (χ0n) is 21.6. The second kappa shape index (κ2) is 10.9. The number of anilines is 4. The number of likely N-dealkylation sites (tertiary alicyclic amines) is 1. The van der Waals surface area contributed by atoms with Crippen molar-refractivity contribution in [1.29, 1.82) is 0 Å². The molecular formula is C27H37ClN6O. The number of aryl methyl sites for hydroxylation is 3. The van der Waals surface area contributed by atoms with Crippen molar-refractivity contribution in [3.63, 3.8) is 0 Å². The van der Waals surface area contributed by atoms with Crippen LogP contribution in [0.5, 0.6) is 5.75 Å². The van der Waals surface area contributed by atoms with E-state index in [1.54, 1.807) is 0 Å². The molecule has 1 aliphatic rings. The maximum Gasteiger partial charge on any atom is 0.153 e. The summed E-state index contributed by atoms with van der Waals surface area (Å²) in [6, 6.07) is 8.31. The fourth-order valence-electron chi connectivity index (χ4n) is 4.64. The Morgan fingerprint density at radius 1 is 1.11 bits per heavy atom. The Labute approximate surface area is 213 Å². The molecule has 0 aliphatic carbocycles. The van der Waals surface area contributed by atoms with Crippen LogP contribution in [-0.2, 0) is 6.42 Å². The zero-order chi connectivity index (χ0) is 25.1. The van der Waals surface area contributed by atoms with Crippen molar-refractivity contribution in [2.75, 3.05) is 30.8 Å². The van der Waals surface area contributed by atoms with Gasteiger partial charge < -0.3 is 20.3 Å². The fraction of sp³-hybridized carbons (Fsp3) is 0.481. The number of piperidine rings is 1. The number of rotatable bonds is 8. The van der Waals surface area contributed by atoms with Gasteiger partial charge in [-0.25, -0.2) is 4.98 Å². The van der Waals surface area contributed by atoms with Crippen LogP contribution in [0.4, 0.5) is 23.1 Å². The molecule has 3 aromatic rings. The number of hydrogen-bond acceptors (Lipinski definition) is 6. The lowest BCUT2D eigenvalue weighted by atomic mass is 9.86. The van der Waals surface area contributed by atoms with E-state index in [1.165, 1.54) is 24.0 Å². The highest BCUT2D eigenvalue weighted by atomic mass is 35.5. The maximum absolute atomic E-state index is 6.56. The van der Waals surface area contributed by atoms with Gasteiger partial charge >= 0.3 is 0 Å². The Bertz CT molecular complexity index is 1170. The molecule has 1 saturated heterocycles. The van der Waals surface area contributed by atoms with Crippen molar-refractivity contribution in [1.82, 2.24) is 20.1 Å². The minimum Gasteiger partial charge on any atom is -0.489 e. The lowest BCUT2D eigenvalue weighted by Crippen LogP contribution is -2.29. The Hall–Kier alpha value is -2.77. The molecule has 0 unspecified atom stereocenters. The Morgan fingerprint density at radius 3 is 2.49 bits per heavy atom.